The van der Waals surface area contributed by atoms with Gasteiger partial charge in [0.15, 0.2) is 0 Å². The zero-order chi connectivity index (χ0) is 24.9. The van der Waals surface area contributed by atoms with E-state index < -0.39 is 10.0 Å². The molecule has 0 aliphatic rings. The Morgan fingerprint density at radius 2 is 1.32 bits per heavy atom. The zero-order valence-electron chi connectivity index (χ0n) is 19.8. The van der Waals surface area contributed by atoms with E-state index in [2.05, 4.69) is 10.6 Å². The molecule has 0 bridgehead atoms. The van der Waals surface area contributed by atoms with Gasteiger partial charge in [0.25, 0.3) is 10.0 Å². The summed E-state index contributed by atoms with van der Waals surface area (Å²) in [6.45, 7) is 7.03. The number of aryl methyl sites for hydroxylation is 3. The standard InChI is InChI=1S/C26H29N3O4S/c1-18-5-10-22(11-6-18)29(34(32,33)23-12-7-19(2)8-13-23)16-15-26(31)28-25-17-20(3)9-14-24(25)27-21(4)30/h5-14,17H,15-16H2,1-4H3,(H,27,30)(H,28,31). The molecule has 0 saturated carbocycles. The molecule has 0 radical (unpaired) electrons. The molecule has 2 N–H and O–H groups in total. The number of carbonyl (C=O) groups is 2. The molecular weight excluding hydrogens is 450 g/mol. The zero-order valence-corrected chi connectivity index (χ0v) is 20.6. The van der Waals surface area contributed by atoms with Gasteiger partial charge in [-0.1, -0.05) is 41.5 Å². The van der Waals surface area contributed by atoms with Crippen LogP contribution in [0.3, 0.4) is 0 Å². The van der Waals surface area contributed by atoms with Crippen molar-refractivity contribution in [2.75, 3.05) is 21.5 Å². The van der Waals surface area contributed by atoms with Crippen molar-refractivity contribution in [3.05, 3.63) is 83.4 Å². The smallest absolute Gasteiger partial charge is 0.264 e. The van der Waals surface area contributed by atoms with Gasteiger partial charge in [-0.15, -0.1) is 0 Å². The molecule has 2 amide bonds. The van der Waals surface area contributed by atoms with E-state index in [1.54, 1.807) is 48.5 Å². The van der Waals surface area contributed by atoms with Crippen LogP contribution in [0.5, 0.6) is 0 Å². The lowest BCUT2D eigenvalue weighted by atomic mass is 10.2. The van der Waals surface area contributed by atoms with E-state index in [-0.39, 0.29) is 29.7 Å². The average molecular weight is 480 g/mol. The lowest BCUT2D eigenvalue weighted by Crippen LogP contribution is -2.34. The Balaban J connectivity index is 1.85. The first kappa shape index (κ1) is 25.0. The third-order valence-electron chi connectivity index (χ3n) is 5.23. The van der Waals surface area contributed by atoms with Crippen molar-refractivity contribution in [3.8, 4) is 0 Å². The van der Waals surface area contributed by atoms with Crippen molar-refractivity contribution in [1.29, 1.82) is 0 Å². The first-order valence-electron chi connectivity index (χ1n) is 10.9. The van der Waals surface area contributed by atoms with Gasteiger partial charge in [0.2, 0.25) is 11.8 Å². The summed E-state index contributed by atoms with van der Waals surface area (Å²) in [4.78, 5) is 24.5. The SMILES string of the molecule is CC(=O)Nc1ccc(C)cc1NC(=O)CCN(c1ccc(C)cc1)S(=O)(=O)c1ccc(C)cc1. The number of rotatable bonds is 8. The molecule has 34 heavy (non-hydrogen) atoms. The second-order valence-corrected chi connectivity index (χ2v) is 10.1. The molecule has 0 saturated heterocycles. The Morgan fingerprint density at radius 1 is 0.765 bits per heavy atom. The summed E-state index contributed by atoms with van der Waals surface area (Å²) in [7, 11) is -3.89. The second-order valence-electron chi connectivity index (χ2n) is 8.25. The predicted molar refractivity (Wildman–Crippen MR) is 136 cm³/mol. The van der Waals surface area contributed by atoms with Crippen LogP contribution >= 0.6 is 0 Å². The number of hydrogen-bond donors (Lipinski definition) is 2. The molecule has 0 aliphatic heterocycles. The molecule has 0 spiro atoms. The minimum absolute atomic E-state index is 0.0492. The van der Waals surface area contributed by atoms with Gasteiger partial charge in [0.05, 0.1) is 22.0 Å². The van der Waals surface area contributed by atoms with Crippen molar-refractivity contribution in [1.82, 2.24) is 0 Å². The summed E-state index contributed by atoms with van der Waals surface area (Å²) in [6, 6.07) is 19.0. The van der Waals surface area contributed by atoms with Crippen LogP contribution in [0.15, 0.2) is 71.6 Å². The van der Waals surface area contributed by atoms with Gasteiger partial charge < -0.3 is 10.6 Å². The van der Waals surface area contributed by atoms with Crippen molar-refractivity contribution in [3.63, 3.8) is 0 Å². The van der Waals surface area contributed by atoms with Crippen LogP contribution < -0.4 is 14.9 Å². The molecule has 3 rings (SSSR count). The fourth-order valence-corrected chi connectivity index (χ4v) is 4.88. The fourth-order valence-electron chi connectivity index (χ4n) is 3.41. The maximum atomic E-state index is 13.5. The summed E-state index contributed by atoms with van der Waals surface area (Å²) in [5.74, 6) is -0.623. The highest BCUT2D eigenvalue weighted by Gasteiger charge is 2.25. The quantitative estimate of drug-likeness (QED) is 0.485. The van der Waals surface area contributed by atoms with E-state index >= 15 is 0 Å². The van der Waals surface area contributed by atoms with Crippen LogP contribution in [-0.4, -0.2) is 26.8 Å². The normalized spacial score (nSPS) is 11.1. The Bertz CT molecular complexity index is 1280. The summed E-state index contributed by atoms with van der Waals surface area (Å²) in [5, 5.41) is 5.49. The highest BCUT2D eigenvalue weighted by molar-refractivity contribution is 7.92. The highest BCUT2D eigenvalue weighted by Crippen LogP contribution is 2.26. The molecule has 0 aromatic heterocycles. The third-order valence-corrected chi connectivity index (χ3v) is 7.07. The Morgan fingerprint density at radius 3 is 1.91 bits per heavy atom. The molecule has 7 nitrogen and oxygen atoms in total. The van der Waals surface area contributed by atoms with Crippen molar-refractivity contribution in [2.45, 2.75) is 39.0 Å². The largest absolute Gasteiger partial charge is 0.325 e. The average Bonchev–Trinajstić information content (AvgIpc) is 2.77. The first-order chi connectivity index (χ1) is 16.1. The second kappa shape index (κ2) is 10.5. The molecule has 8 heteroatoms. The number of nitrogens with zero attached hydrogens (tertiary/aromatic N) is 1. The van der Waals surface area contributed by atoms with Crippen molar-refractivity contribution < 1.29 is 18.0 Å². The Labute approximate surface area is 200 Å². The van der Waals surface area contributed by atoms with Gasteiger partial charge in [0.1, 0.15) is 0 Å². The van der Waals surface area contributed by atoms with Crippen LogP contribution in [0.1, 0.15) is 30.0 Å². The molecule has 0 aliphatic carbocycles. The van der Waals surface area contributed by atoms with Crippen LogP contribution in [0.4, 0.5) is 17.1 Å². The lowest BCUT2D eigenvalue weighted by molar-refractivity contribution is -0.116. The maximum Gasteiger partial charge on any atom is 0.264 e. The molecule has 0 atom stereocenters. The Hall–Kier alpha value is -3.65. The number of amides is 2. The summed E-state index contributed by atoms with van der Waals surface area (Å²) in [6.07, 6.45) is -0.0770. The molecular formula is C26H29N3O4S. The van der Waals surface area contributed by atoms with E-state index in [4.69, 9.17) is 0 Å². The monoisotopic (exact) mass is 479 g/mol. The van der Waals surface area contributed by atoms with Crippen molar-refractivity contribution >= 4 is 38.9 Å². The van der Waals surface area contributed by atoms with E-state index in [1.165, 1.54) is 11.2 Å². The predicted octanol–water partition coefficient (Wildman–Crippen LogP) is 4.79. The highest BCUT2D eigenvalue weighted by atomic mass is 32.2. The minimum Gasteiger partial charge on any atom is -0.325 e. The number of sulfonamides is 1. The van der Waals surface area contributed by atoms with E-state index in [1.807, 2.05) is 39.0 Å². The summed E-state index contributed by atoms with van der Waals surface area (Å²) < 4.78 is 28.2. The van der Waals surface area contributed by atoms with Gasteiger partial charge in [-0.3, -0.25) is 13.9 Å². The van der Waals surface area contributed by atoms with Crippen molar-refractivity contribution in [2.24, 2.45) is 0 Å². The van der Waals surface area contributed by atoms with E-state index in [9.17, 15) is 18.0 Å². The molecule has 0 fully saturated rings. The van der Waals surface area contributed by atoms with Gasteiger partial charge in [-0.25, -0.2) is 8.42 Å². The van der Waals surface area contributed by atoms with Gasteiger partial charge in [-0.05, 0) is 62.7 Å². The molecule has 178 valence electrons. The number of anilines is 3. The van der Waals surface area contributed by atoms with Gasteiger partial charge in [0, 0.05) is 19.9 Å². The van der Waals surface area contributed by atoms with Crippen LogP contribution in [0.25, 0.3) is 0 Å². The lowest BCUT2D eigenvalue weighted by Gasteiger charge is -2.25. The number of nitrogens with one attached hydrogen (secondary N) is 2. The summed E-state index contributed by atoms with van der Waals surface area (Å²) in [5.41, 5.74) is 4.28. The van der Waals surface area contributed by atoms with E-state index in [0.717, 1.165) is 16.7 Å². The number of carbonyl (C=O) groups excluding carboxylic acids is 2. The molecule has 3 aromatic rings. The van der Waals surface area contributed by atoms with Gasteiger partial charge >= 0.3 is 0 Å². The number of benzene rings is 3. The molecule has 3 aromatic carbocycles. The fraction of sp³-hybridized carbons (Fsp3) is 0.231. The van der Waals surface area contributed by atoms with Crippen LogP contribution in [0, 0.1) is 20.8 Å². The van der Waals surface area contributed by atoms with Crippen LogP contribution in [0.2, 0.25) is 0 Å². The third kappa shape index (κ3) is 6.23. The van der Waals surface area contributed by atoms with Crippen LogP contribution in [-0.2, 0) is 19.6 Å². The molecule has 0 heterocycles. The van der Waals surface area contributed by atoms with Gasteiger partial charge in [-0.2, -0.15) is 0 Å². The Kier molecular flexibility index (Phi) is 7.73. The first-order valence-corrected chi connectivity index (χ1v) is 12.3. The summed E-state index contributed by atoms with van der Waals surface area (Å²) >= 11 is 0. The number of hydrogen-bond acceptors (Lipinski definition) is 4. The maximum absolute atomic E-state index is 13.5. The van der Waals surface area contributed by atoms with E-state index in [0.29, 0.717) is 17.1 Å². The minimum atomic E-state index is -3.89. The topological polar surface area (TPSA) is 95.6 Å². The molecule has 0 unspecified atom stereocenters.